The molecule has 0 amide bonds. The maximum Gasteiger partial charge on any atom is 0.139 e. The number of halogens is 1. The summed E-state index contributed by atoms with van der Waals surface area (Å²) in [6.07, 6.45) is 4.39. The highest BCUT2D eigenvalue weighted by atomic mass is 79.9. The molecule has 0 saturated carbocycles. The average Bonchev–Trinajstić information content (AvgIpc) is 2.14. The first-order valence-corrected chi connectivity index (χ1v) is 5.02. The van der Waals surface area contributed by atoms with Crippen molar-refractivity contribution in [2.24, 2.45) is 5.73 Å². The lowest BCUT2D eigenvalue weighted by Crippen LogP contribution is -2.25. The fourth-order valence-electron chi connectivity index (χ4n) is 0.947. The summed E-state index contributed by atoms with van der Waals surface area (Å²) in [5.74, 6) is 0.756. The second-order valence-electron chi connectivity index (χ2n) is 2.72. The maximum absolute atomic E-state index is 5.58. The predicted octanol–water partition coefficient (Wildman–Crippen LogP) is 1.96. The van der Waals surface area contributed by atoms with Crippen LogP contribution in [0.25, 0.3) is 0 Å². The van der Waals surface area contributed by atoms with Crippen LogP contribution in [0.4, 0.5) is 0 Å². The van der Waals surface area contributed by atoms with Crippen molar-refractivity contribution in [3.63, 3.8) is 0 Å². The fraction of sp³-hybridized carbons (Fsp3) is 0.444. The van der Waals surface area contributed by atoms with Crippen molar-refractivity contribution >= 4 is 15.9 Å². The van der Waals surface area contributed by atoms with Crippen LogP contribution in [0.2, 0.25) is 0 Å². The van der Waals surface area contributed by atoms with Crippen LogP contribution in [0.1, 0.15) is 13.3 Å². The van der Waals surface area contributed by atoms with Crippen molar-refractivity contribution in [3.8, 4) is 5.75 Å². The van der Waals surface area contributed by atoms with Crippen LogP contribution >= 0.6 is 15.9 Å². The number of pyridine rings is 1. The second kappa shape index (κ2) is 5.19. The minimum atomic E-state index is 0.0797. The van der Waals surface area contributed by atoms with Crippen LogP contribution in [-0.2, 0) is 0 Å². The Bertz CT molecular complexity index is 264. The number of aromatic nitrogens is 1. The summed E-state index contributed by atoms with van der Waals surface area (Å²) in [6.45, 7) is 2.58. The van der Waals surface area contributed by atoms with Crippen molar-refractivity contribution < 1.29 is 4.74 Å². The summed E-state index contributed by atoms with van der Waals surface area (Å²) in [4.78, 5) is 3.99. The molecule has 0 aliphatic carbocycles. The van der Waals surface area contributed by atoms with Crippen LogP contribution in [0.5, 0.6) is 5.75 Å². The van der Waals surface area contributed by atoms with E-state index in [0.29, 0.717) is 6.54 Å². The van der Waals surface area contributed by atoms with Crippen molar-refractivity contribution in [1.29, 1.82) is 0 Å². The molecular weight excluding hydrogens is 232 g/mol. The molecule has 2 N–H and O–H groups in total. The monoisotopic (exact) mass is 244 g/mol. The Kier molecular flexibility index (Phi) is 4.18. The number of rotatable bonds is 4. The van der Waals surface area contributed by atoms with Crippen LogP contribution in [-0.4, -0.2) is 17.6 Å². The van der Waals surface area contributed by atoms with E-state index < -0.39 is 0 Å². The molecule has 0 fully saturated rings. The Balaban J connectivity index is 2.62. The van der Waals surface area contributed by atoms with E-state index in [1.807, 2.05) is 13.0 Å². The Morgan fingerprint density at radius 2 is 2.38 bits per heavy atom. The van der Waals surface area contributed by atoms with Gasteiger partial charge in [0.15, 0.2) is 0 Å². The third-order valence-electron chi connectivity index (χ3n) is 1.70. The Labute approximate surface area is 86.4 Å². The molecule has 1 aromatic rings. The average molecular weight is 245 g/mol. The van der Waals surface area contributed by atoms with Gasteiger partial charge in [-0.1, -0.05) is 6.92 Å². The first-order valence-electron chi connectivity index (χ1n) is 4.23. The topological polar surface area (TPSA) is 48.1 Å². The summed E-state index contributed by atoms with van der Waals surface area (Å²) >= 11 is 3.32. The van der Waals surface area contributed by atoms with E-state index in [-0.39, 0.29) is 6.10 Å². The molecule has 1 atom stereocenters. The molecule has 0 saturated heterocycles. The standard InChI is InChI=1S/C9H13BrN2O/c1-2-8(4-11)13-9-3-7(10)5-12-6-9/h3,5-6,8H,2,4,11H2,1H3. The fourth-order valence-corrected chi connectivity index (χ4v) is 1.29. The van der Waals surface area contributed by atoms with Gasteiger partial charge in [0.25, 0.3) is 0 Å². The van der Waals surface area contributed by atoms with E-state index in [1.165, 1.54) is 0 Å². The Morgan fingerprint density at radius 3 is 2.92 bits per heavy atom. The summed E-state index contributed by atoms with van der Waals surface area (Å²) in [6, 6.07) is 1.88. The predicted molar refractivity (Wildman–Crippen MR) is 55.7 cm³/mol. The van der Waals surface area contributed by atoms with Crippen LogP contribution in [0, 0.1) is 0 Å². The van der Waals surface area contributed by atoms with E-state index in [2.05, 4.69) is 20.9 Å². The summed E-state index contributed by atoms with van der Waals surface area (Å²) in [5.41, 5.74) is 5.51. The molecular formula is C9H13BrN2O. The normalized spacial score (nSPS) is 12.5. The van der Waals surface area contributed by atoms with Crippen molar-refractivity contribution in [2.45, 2.75) is 19.4 Å². The van der Waals surface area contributed by atoms with E-state index in [1.54, 1.807) is 12.4 Å². The highest BCUT2D eigenvalue weighted by Crippen LogP contribution is 2.17. The minimum absolute atomic E-state index is 0.0797. The number of hydrogen-bond donors (Lipinski definition) is 1. The van der Waals surface area contributed by atoms with Gasteiger partial charge in [0.2, 0.25) is 0 Å². The summed E-state index contributed by atoms with van der Waals surface area (Å²) in [5, 5.41) is 0. The number of ether oxygens (including phenoxy) is 1. The van der Waals surface area contributed by atoms with Gasteiger partial charge in [-0.2, -0.15) is 0 Å². The molecule has 72 valence electrons. The van der Waals surface area contributed by atoms with Gasteiger partial charge in [0.1, 0.15) is 11.9 Å². The van der Waals surface area contributed by atoms with Gasteiger partial charge < -0.3 is 10.5 Å². The van der Waals surface area contributed by atoms with E-state index >= 15 is 0 Å². The molecule has 0 aromatic carbocycles. The third-order valence-corrected chi connectivity index (χ3v) is 2.13. The lowest BCUT2D eigenvalue weighted by molar-refractivity contribution is 0.204. The Morgan fingerprint density at radius 1 is 1.62 bits per heavy atom. The molecule has 3 nitrogen and oxygen atoms in total. The molecule has 0 spiro atoms. The quantitative estimate of drug-likeness (QED) is 0.882. The van der Waals surface area contributed by atoms with Gasteiger partial charge >= 0.3 is 0 Å². The highest BCUT2D eigenvalue weighted by Gasteiger charge is 2.05. The van der Waals surface area contributed by atoms with E-state index in [9.17, 15) is 0 Å². The number of hydrogen-bond acceptors (Lipinski definition) is 3. The van der Waals surface area contributed by atoms with Crippen LogP contribution < -0.4 is 10.5 Å². The zero-order chi connectivity index (χ0) is 9.68. The zero-order valence-electron chi connectivity index (χ0n) is 7.53. The molecule has 1 unspecified atom stereocenters. The zero-order valence-corrected chi connectivity index (χ0v) is 9.12. The second-order valence-corrected chi connectivity index (χ2v) is 3.64. The van der Waals surface area contributed by atoms with Gasteiger partial charge in [-0.15, -0.1) is 0 Å². The third kappa shape index (κ3) is 3.32. The van der Waals surface area contributed by atoms with Crippen LogP contribution in [0.15, 0.2) is 22.9 Å². The maximum atomic E-state index is 5.58. The molecule has 0 aliphatic heterocycles. The van der Waals surface area contributed by atoms with Gasteiger partial charge in [-0.05, 0) is 28.4 Å². The first kappa shape index (κ1) is 10.5. The number of nitrogens with two attached hydrogens (primary N) is 1. The lowest BCUT2D eigenvalue weighted by atomic mass is 10.3. The molecule has 1 rings (SSSR count). The molecule has 4 heteroatoms. The Hall–Kier alpha value is -0.610. The van der Waals surface area contributed by atoms with E-state index in [4.69, 9.17) is 10.5 Å². The molecule has 1 heterocycles. The van der Waals surface area contributed by atoms with Gasteiger partial charge in [-0.25, -0.2) is 0 Å². The summed E-state index contributed by atoms with van der Waals surface area (Å²) < 4.78 is 6.49. The lowest BCUT2D eigenvalue weighted by Gasteiger charge is -2.14. The number of nitrogens with zero attached hydrogens (tertiary/aromatic N) is 1. The SMILES string of the molecule is CCC(CN)Oc1cncc(Br)c1. The molecule has 13 heavy (non-hydrogen) atoms. The van der Waals surface area contributed by atoms with Crippen LogP contribution in [0.3, 0.4) is 0 Å². The van der Waals surface area contributed by atoms with Gasteiger partial charge in [-0.3, -0.25) is 4.98 Å². The molecule has 0 bridgehead atoms. The van der Waals surface area contributed by atoms with Crippen molar-refractivity contribution in [1.82, 2.24) is 4.98 Å². The van der Waals surface area contributed by atoms with Gasteiger partial charge in [0, 0.05) is 17.2 Å². The van der Waals surface area contributed by atoms with E-state index in [0.717, 1.165) is 16.6 Å². The van der Waals surface area contributed by atoms with Crippen molar-refractivity contribution in [2.75, 3.05) is 6.54 Å². The summed E-state index contributed by atoms with van der Waals surface area (Å²) in [7, 11) is 0. The minimum Gasteiger partial charge on any atom is -0.487 e. The molecule has 1 aromatic heterocycles. The molecule has 0 radical (unpaired) electrons. The molecule has 0 aliphatic rings. The smallest absolute Gasteiger partial charge is 0.139 e. The van der Waals surface area contributed by atoms with Gasteiger partial charge in [0.05, 0.1) is 6.20 Å². The largest absolute Gasteiger partial charge is 0.487 e. The van der Waals surface area contributed by atoms with Crippen molar-refractivity contribution in [3.05, 3.63) is 22.9 Å². The first-order chi connectivity index (χ1) is 6.26. The highest BCUT2D eigenvalue weighted by molar-refractivity contribution is 9.10.